The van der Waals surface area contributed by atoms with Gasteiger partial charge < -0.3 is 19.8 Å². The number of anilines is 3. The first-order chi connectivity index (χ1) is 11.7. The smallest absolute Gasteiger partial charge is 0.229 e. The highest BCUT2D eigenvalue weighted by atomic mass is 16.5. The van der Waals surface area contributed by atoms with Gasteiger partial charge in [-0.1, -0.05) is 12.1 Å². The zero-order valence-electron chi connectivity index (χ0n) is 13.7. The third-order valence-corrected chi connectivity index (χ3v) is 3.18. The summed E-state index contributed by atoms with van der Waals surface area (Å²) in [6, 6.07) is 13.3. The number of aromatic nitrogens is 2. The summed E-state index contributed by atoms with van der Waals surface area (Å²) in [5.41, 5.74) is 0.828. The van der Waals surface area contributed by atoms with Crippen LogP contribution in [-0.2, 0) is 6.54 Å². The molecule has 2 N–H and O–H groups in total. The molecule has 6 heteroatoms. The SMILES string of the molecule is CC(C)Oc1ccccc1Nc1nccc(NCc2ccco2)n1. The predicted octanol–water partition coefficient (Wildman–Crippen LogP) is 4.21. The number of hydrogen-bond acceptors (Lipinski definition) is 6. The standard InChI is InChI=1S/C18H20N4O2/c1-13(2)24-16-8-4-3-7-15(16)21-18-19-10-9-17(22-18)20-12-14-6-5-11-23-14/h3-11,13H,12H2,1-2H3,(H2,19,20,21,22). The topological polar surface area (TPSA) is 72.2 Å². The van der Waals surface area contributed by atoms with Crippen LogP contribution in [0.25, 0.3) is 0 Å². The van der Waals surface area contributed by atoms with Gasteiger partial charge >= 0.3 is 0 Å². The van der Waals surface area contributed by atoms with Gasteiger partial charge in [0.25, 0.3) is 0 Å². The molecule has 1 aromatic carbocycles. The molecule has 0 unspecified atom stereocenters. The minimum absolute atomic E-state index is 0.0927. The number of nitrogens with zero attached hydrogens (tertiary/aromatic N) is 2. The lowest BCUT2D eigenvalue weighted by Gasteiger charge is -2.15. The van der Waals surface area contributed by atoms with Crippen molar-refractivity contribution < 1.29 is 9.15 Å². The zero-order valence-corrected chi connectivity index (χ0v) is 13.7. The molecule has 24 heavy (non-hydrogen) atoms. The minimum atomic E-state index is 0.0927. The molecule has 0 spiro atoms. The van der Waals surface area contributed by atoms with Gasteiger partial charge in [-0.3, -0.25) is 0 Å². The van der Waals surface area contributed by atoms with Crippen molar-refractivity contribution in [3.8, 4) is 5.75 Å². The molecule has 0 aliphatic carbocycles. The second kappa shape index (κ2) is 7.50. The monoisotopic (exact) mass is 324 g/mol. The molecule has 0 saturated heterocycles. The van der Waals surface area contributed by atoms with Gasteiger partial charge in [-0.15, -0.1) is 0 Å². The fourth-order valence-electron chi connectivity index (χ4n) is 2.16. The summed E-state index contributed by atoms with van der Waals surface area (Å²) in [7, 11) is 0. The number of hydrogen-bond donors (Lipinski definition) is 2. The molecule has 0 saturated carbocycles. The largest absolute Gasteiger partial charge is 0.489 e. The summed E-state index contributed by atoms with van der Waals surface area (Å²) in [4.78, 5) is 8.72. The van der Waals surface area contributed by atoms with Crippen molar-refractivity contribution in [1.29, 1.82) is 0 Å². The maximum Gasteiger partial charge on any atom is 0.229 e. The molecular weight excluding hydrogens is 304 g/mol. The van der Waals surface area contributed by atoms with Gasteiger partial charge in [0, 0.05) is 6.20 Å². The molecular formula is C18H20N4O2. The molecule has 0 fully saturated rings. The van der Waals surface area contributed by atoms with Gasteiger partial charge in [-0.25, -0.2) is 4.98 Å². The number of nitrogens with one attached hydrogen (secondary N) is 2. The van der Waals surface area contributed by atoms with Gasteiger partial charge in [-0.2, -0.15) is 4.98 Å². The lowest BCUT2D eigenvalue weighted by molar-refractivity contribution is 0.244. The molecule has 3 aromatic rings. The van der Waals surface area contributed by atoms with E-state index >= 15 is 0 Å². The Kier molecular flexibility index (Phi) is 4.96. The van der Waals surface area contributed by atoms with E-state index in [1.807, 2.05) is 56.3 Å². The normalized spacial score (nSPS) is 10.6. The zero-order chi connectivity index (χ0) is 16.8. The second-order valence-electron chi connectivity index (χ2n) is 5.49. The Bertz CT molecular complexity index is 772. The Morgan fingerprint density at radius 2 is 2.00 bits per heavy atom. The molecule has 0 aliphatic heterocycles. The molecule has 0 atom stereocenters. The van der Waals surface area contributed by atoms with Crippen molar-refractivity contribution in [2.45, 2.75) is 26.5 Å². The number of rotatable bonds is 7. The molecule has 2 aromatic heterocycles. The summed E-state index contributed by atoms with van der Waals surface area (Å²) in [5.74, 6) is 2.83. The molecule has 0 aliphatic rings. The van der Waals surface area contributed by atoms with Crippen molar-refractivity contribution in [3.05, 3.63) is 60.7 Å². The van der Waals surface area contributed by atoms with Crippen LogP contribution in [-0.4, -0.2) is 16.1 Å². The highest BCUT2D eigenvalue weighted by Gasteiger charge is 2.07. The van der Waals surface area contributed by atoms with Crippen LogP contribution < -0.4 is 15.4 Å². The number of furan rings is 1. The van der Waals surface area contributed by atoms with Crippen LogP contribution in [0.15, 0.2) is 59.3 Å². The Morgan fingerprint density at radius 1 is 1.12 bits per heavy atom. The summed E-state index contributed by atoms with van der Waals surface area (Å²) < 4.78 is 11.1. The third kappa shape index (κ3) is 4.25. The second-order valence-corrected chi connectivity index (χ2v) is 5.49. The third-order valence-electron chi connectivity index (χ3n) is 3.18. The highest BCUT2D eigenvalue weighted by Crippen LogP contribution is 2.27. The first kappa shape index (κ1) is 15.9. The van der Waals surface area contributed by atoms with E-state index in [0.717, 1.165) is 17.2 Å². The summed E-state index contributed by atoms with van der Waals surface area (Å²) >= 11 is 0. The fourth-order valence-corrected chi connectivity index (χ4v) is 2.16. The van der Waals surface area contributed by atoms with Gasteiger partial charge in [0.1, 0.15) is 17.3 Å². The molecule has 0 radical (unpaired) electrons. The lowest BCUT2D eigenvalue weighted by Crippen LogP contribution is -2.08. The number of para-hydroxylation sites is 2. The maximum absolute atomic E-state index is 5.80. The van der Waals surface area contributed by atoms with Crippen LogP contribution in [0.4, 0.5) is 17.5 Å². The summed E-state index contributed by atoms with van der Waals surface area (Å²) in [5, 5.41) is 6.40. The van der Waals surface area contributed by atoms with Crippen LogP contribution in [0.1, 0.15) is 19.6 Å². The van der Waals surface area contributed by atoms with Crippen molar-refractivity contribution >= 4 is 17.5 Å². The van der Waals surface area contributed by atoms with E-state index in [0.29, 0.717) is 18.3 Å². The summed E-state index contributed by atoms with van der Waals surface area (Å²) in [6.45, 7) is 4.55. The van der Waals surface area contributed by atoms with Gasteiger partial charge in [0.15, 0.2) is 0 Å². The lowest BCUT2D eigenvalue weighted by atomic mass is 10.3. The van der Waals surface area contributed by atoms with Crippen LogP contribution in [0.5, 0.6) is 5.75 Å². The average molecular weight is 324 g/mol. The number of ether oxygens (including phenoxy) is 1. The Labute approximate surface area is 140 Å². The quantitative estimate of drug-likeness (QED) is 0.678. The first-order valence-electron chi connectivity index (χ1n) is 7.83. The molecule has 124 valence electrons. The van der Waals surface area contributed by atoms with E-state index in [2.05, 4.69) is 20.6 Å². The van der Waals surface area contributed by atoms with Crippen LogP contribution >= 0.6 is 0 Å². The average Bonchev–Trinajstić information content (AvgIpc) is 3.08. The van der Waals surface area contributed by atoms with E-state index in [9.17, 15) is 0 Å². The van der Waals surface area contributed by atoms with Crippen molar-refractivity contribution in [3.63, 3.8) is 0 Å². The number of benzene rings is 1. The molecule has 2 heterocycles. The molecule has 0 bridgehead atoms. The molecule has 3 rings (SSSR count). The van der Waals surface area contributed by atoms with Crippen LogP contribution in [0.3, 0.4) is 0 Å². The van der Waals surface area contributed by atoms with E-state index in [1.165, 1.54) is 0 Å². The highest BCUT2D eigenvalue weighted by molar-refractivity contribution is 5.63. The van der Waals surface area contributed by atoms with E-state index in [-0.39, 0.29) is 6.10 Å². The fraction of sp³-hybridized carbons (Fsp3) is 0.222. The molecule has 0 amide bonds. The minimum Gasteiger partial charge on any atom is -0.489 e. The van der Waals surface area contributed by atoms with Gasteiger partial charge in [0.2, 0.25) is 5.95 Å². The Morgan fingerprint density at radius 3 is 2.79 bits per heavy atom. The van der Waals surface area contributed by atoms with Gasteiger partial charge in [-0.05, 0) is 44.2 Å². The maximum atomic E-state index is 5.80. The van der Waals surface area contributed by atoms with E-state index < -0.39 is 0 Å². The molecule has 6 nitrogen and oxygen atoms in total. The Balaban J connectivity index is 1.70. The van der Waals surface area contributed by atoms with E-state index in [1.54, 1.807) is 12.5 Å². The predicted molar refractivity (Wildman–Crippen MR) is 93.6 cm³/mol. The van der Waals surface area contributed by atoms with Crippen LogP contribution in [0.2, 0.25) is 0 Å². The summed E-state index contributed by atoms with van der Waals surface area (Å²) in [6.07, 6.45) is 3.44. The van der Waals surface area contributed by atoms with Crippen molar-refractivity contribution in [2.75, 3.05) is 10.6 Å². The first-order valence-corrected chi connectivity index (χ1v) is 7.83. The van der Waals surface area contributed by atoms with Crippen molar-refractivity contribution in [2.24, 2.45) is 0 Å². The van der Waals surface area contributed by atoms with Gasteiger partial charge in [0.05, 0.1) is 24.6 Å². The van der Waals surface area contributed by atoms with E-state index in [4.69, 9.17) is 9.15 Å². The van der Waals surface area contributed by atoms with Crippen LogP contribution in [0, 0.1) is 0 Å². The Hall–Kier alpha value is -3.02. The van der Waals surface area contributed by atoms with Crippen molar-refractivity contribution in [1.82, 2.24) is 9.97 Å².